The number of carbonyl (C=O) groups is 2. The topological polar surface area (TPSA) is 94.5 Å². The number of fused-ring (bicyclic) bond motifs is 1. The van der Waals surface area contributed by atoms with Crippen LogP contribution in [0, 0.1) is 0 Å². The number of carbonyl (C=O) groups excluding carboxylic acids is 2. The van der Waals surface area contributed by atoms with Gasteiger partial charge < -0.3 is 29.0 Å². The predicted molar refractivity (Wildman–Crippen MR) is 160 cm³/mol. The van der Waals surface area contributed by atoms with Gasteiger partial charge in [-0.3, -0.25) is 9.59 Å². The first-order valence-electron chi connectivity index (χ1n) is 14.2. The van der Waals surface area contributed by atoms with E-state index in [9.17, 15) is 14.7 Å². The van der Waals surface area contributed by atoms with Crippen molar-refractivity contribution in [1.29, 1.82) is 0 Å². The van der Waals surface area contributed by atoms with E-state index in [1.165, 1.54) is 4.90 Å². The van der Waals surface area contributed by atoms with Crippen LogP contribution >= 0.6 is 0 Å². The number of ether oxygens (including phenoxy) is 4. The lowest BCUT2D eigenvalue weighted by molar-refractivity contribution is -0.140. The van der Waals surface area contributed by atoms with Crippen molar-refractivity contribution < 1.29 is 33.6 Å². The standard InChI is InChI=1S/C35H31NO7/c1-2-40-29-19-25(13-15-28(29)43-22-24-11-7-4-8-12-24)32-31(33(37)26-14-16-27-30(20-26)42-18-17-41-27)34(38)35(39)36(32)21-23-9-5-3-6-10-23/h3-16,19-20,32,37H,2,17-18,21-22H2,1H3/b33-31+/t32-/m0/s1. The van der Waals surface area contributed by atoms with E-state index in [4.69, 9.17) is 18.9 Å². The van der Waals surface area contributed by atoms with Crippen LogP contribution < -0.4 is 18.9 Å². The molecule has 43 heavy (non-hydrogen) atoms. The van der Waals surface area contributed by atoms with E-state index in [-0.39, 0.29) is 17.9 Å². The van der Waals surface area contributed by atoms with Gasteiger partial charge in [-0.15, -0.1) is 0 Å². The molecular weight excluding hydrogens is 546 g/mol. The Bertz CT molecular complexity index is 1670. The van der Waals surface area contributed by atoms with Crippen molar-refractivity contribution in [2.24, 2.45) is 0 Å². The molecule has 1 fully saturated rings. The molecule has 2 aliphatic heterocycles. The van der Waals surface area contributed by atoms with E-state index >= 15 is 0 Å². The van der Waals surface area contributed by atoms with Crippen molar-refractivity contribution in [2.45, 2.75) is 26.1 Å². The predicted octanol–water partition coefficient (Wildman–Crippen LogP) is 6.06. The molecule has 8 nitrogen and oxygen atoms in total. The second kappa shape index (κ2) is 12.3. The van der Waals surface area contributed by atoms with E-state index in [1.807, 2.05) is 67.6 Å². The molecule has 0 spiro atoms. The van der Waals surface area contributed by atoms with Crippen LogP contribution in [0.3, 0.4) is 0 Å². The Morgan fingerprint density at radius 2 is 1.51 bits per heavy atom. The molecule has 4 aromatic carbocycles. The molecule has 0 aliphatic carbocycles. The molecular formula is C35H31NO7. The first kappa shape index (κ1) is 27.9. The molecule has 0 aromatic heterocycles. The minimum atomic E-state index is -0.879. The maximum Gasteiger partial charge on any atom is 0.295 e. The fourth-order valence-electron chi connectivity index (χ4n) is 5.33. The molecule has 0 unspecified atom stereocenters. The molecule has 2 heterocycles. The number of likely N-dealkylation sites (tertiary alicyclic amines) is 1. The molecule has 0 saturated carbocycles. The molecule has 2 aliphatic rings. The summed E-state index contributed by atoms with van der Waals surface area (Å²) in [6, 6.07) is 28.6. The average molecular weight is 578 g/mol. The smallest absolute Gasteiger partial charge is 0.295 e. The van der Waals surface area contributed by atoms with Crippen molar-refractivity contribution in [2.75, 3.05) is 19.8 Å². The van der Waals surface area contributed by atoms with E-state index in [0.29, 0.717) is 60.6 Å². The zero-order valence-corrected chi connectivity index (χ0v) is 23.7. The number of amides is 1. The molecule has 8 heteroatoms. The highest BCUT2D eigenvalue weighted by atomic mass is 16.6. The lowest BCUT2D eigenvalue weighted by Crippen LogP contribution is -2.29. The Hall–Kier alpha value is -5.24. The highest BCUT2D eigenvalue weighted by Crippen LogP contribution is 2.44. The fraction of sp³-hybridized carbons (Fsp3) is 0.200. The minimum Gasteiger partial charge on any atom is -0.507 e. The fourth-order valence-corrected chi connectivity index (χ4v) is 5.33. The monoisotopic (exact) mass is 577 g/mol. The van der Waals surface area contributed by atoms with Gasteiger partial charge >= 0.3 is 0 Å². The highest BCUT2D eigenvalue weighted by Gasteiger charge is 2.46. The summed E-state index contributed by atoms with van der Waals surface area (Å²) in [7, 11) is 0. The summed E-state index contributed by atoms with van der Waals surface area (Å²) < 4.78 is 23.4. The summed E-state index contributed by atoms with van der Waals surface area (Å²) in [4.78, 5) is 28.6. The normalized spacial score (nSPS) is 17.1. The van der Waals surface area contributed by atoms with Gasteiger partial charge in [0.25, 0.3) is 11.7 Å². The minimum absolute atomic E-state index is 0.0157. The Balaban J connectivity index is 1.43. The van der Waals surface area contributed by atoms with E-state index in [0.717, 1.165) is 11.1 Å². The van der Waals surface area contributed by atoms with Crippen molar-refractivity contribution in [3.8, 4) is 23.0 Å². The van der Waals surface area contributed by atoms with Crippen LogP contribution in [0.5, 0.6) is 23.0 Å². The summed E-state index contributed by atoms with van der Waals surface area (Å²) in [5.74, 6) is 0.256. The lowest BCUT2D eigenvalue weighted by Gasteiger charge is -2.26. The zero-order valence-electron chi connectivity index (χ0n) is 23.7. The van der Waals surface area contributed by atoms with Crippen LogP contribution in [-0.2, 0) is 22.7 Å². The molecule has 1 saturated heterocycles. The third kappa shape index (κ3) is 5.77. The molecule has 1 N–H and O–H groups in total. The number of rotatable bonds is 9. The second-order valence-electron chi connectivity index (χ2n) is 10.2. The van der Waals surface area contributed by atoms with Crippen LogP contribution in [-0.4, -0.2) is 41.5 Å². The Morgan fingerprint density at radius 3 is 2.23 bits per heavy atom. The summed E-state index contributed by atoms with van der Waals surface area (Å²) in [5.41, 5.74) is 2.79. The molecule has 218 valence electrons. The van der Waals surface area contributed by atoms with Crippen LogP contribution in [0.15, 0.2) is 103 Å². The van der Waals surface area contributed by atoms with Gasteiger partial charge in [-0.1, -0.05) is 66.7 Å². The third-order valence-electron chi connectivity index (χ3n) is 7.37. The molecule has 1 amide bonds. The Labute approximate surface area is 249 Å². The second-order valence-corrected chi connectivity index (χ2v) is 10.2. The molecule has 0 bridgehead atoms. The number of hydrogen-bond donors (Lipinski definition) is 1. The van der Waals surface area contributed by atoms with Crippen molar-refractivity contribution in [3.63, 3.8) is 0 Å². The number of aliphatic hydroxyl groups excluding tert-OH is 1. The van der Waals surface area contributed by atoms with Crippen molar-refractivity contribution in [1.82, 2.24) is 4.90 Å². The quantitative estimate of drug-likeness (QED) is 0.147. The van der Waals surface area contributed by atoms with Gasteiger partial charge in [-0.2, -0.15) is 0 Å². The van der Waals surface area contributed by atoms with E-state index in [1.54, 1.807) is 36.4 Å². The maximum atomic E-state index is 13.6. The van der Waals surface area contributed by atoms with Gasteiger partial charge in [0, 0.05) is 12.1 Å². The van der Waals surface area contributed by atoms with Crippen LogP contribution in [0.25, 0.3) is 5.76 Å². The zero-order chi connectivity index (χ0) is 29.8. The molecule has 4 aromatic rings. The summed E-state index contributed by atoms with van der Waals surface area (Å²) in [5, 5.41) is 11.6. The first-order chi connectivity index (χ1) is 21.0. The molecule has 1 atom stereocenters. The third-order valence-corrected chi connectivity index (χ3v) is 7.37. The van der Waals surface area contributed by atoms with Gasteiger partial charge in [-0.25, -0.2) is 0 Å². The Kier molecular flexibility index (Phi) is 8.00. The van der Waals surface area contributed by atoms with E-state index < -0.39 is 17.7 Å². The molecule has 0 radical (unpaired) electrons. The highest BCUT2D eigenvalue weighted by molar-refractivity contribution is 6.46. The summed E-state index contributed by atoms with van der Waals surface area (Å²) in [6.45, 7) is 3.57. The summed E-state index contributed by atoms with van der Waals surface area (Å²) in [6.07, 6.45) is 0. The number of nitrogens with zero attached hydrogens (tertiary/aromatic N) is 1. The first-order valence-corrected chi connectivity index (χ1v) is 14.2. The van der Waals surface area contributed by atoms with Gasteiger partial charge in [0.15, 0.2) is 23.0 Å². The van der Waals surface area contributed by atoms with E-state index in [2.05, 4.69) is 0 Å². The maximum absolute atomic E-state index is 13.6. The number of benzene rings is 4. The average Bonchev–Trinajstić information content (AvgIpc) is 3.29. The van der Waals surface area contributed by atoms with Gasteiger partial charge in [0.05, 0.1) is 18.2 Å². The largest absolute Gasteiger partial charge is 0.507 e. The lowest BCUT2D eigenvalue weighted by atomic mass is 9.94. The van der Waals surface area contributed by atoms with Crippen LogP contribution in [0.4, 0.5) is 0 Å². The Morgan fingerprint density at radius 1 is 0.814 bits per heavy atom. The molecule has 6 rings (SSSR count). The van der Waals surface area contributed by atoms with Crippen molar-refractivity contribution in [3.05, 3.63) is 125 Å². The summed E-state index contributed by atoms with van der Waals surface area (Å²) >= 11 is 0. The number of aliphatic hydroxyl groups is 1. The van der Waals surface area contributed by atoms with Crippen molar-refractivity contribution >= 4 is 17.4 Å². The van der Waals surface area contributed by atoms with Crippen LogP contribution in [0.1, 0.15) is 35.2 Å². The van der Waals surface area contributed by atoms with Gasteiger partial charge in [0.2, 0.25) is 0 Å². The van der Waals surface area contributed by atoms with Gasteiger partial charge in [0.1, 0.15) is 25.6 Å². The number of hydrogen-bond acceptors (Lipinski definition) is 7. The number of ketones is 1. The SMILES string of the molecule is CCOc1cc([C@H]2/C(=C(\O)c3ccc4c(c3)OCCO4)C(=O)C(=O)N2Cc2ccccc2)ccc1OCc1ccccc1. The van der Waals surface area contributed by atoms with Gasteiger partial charge in [-0.05, 0) is 53.9 Å². The van der Waals surface area contributed by atoms with Crippen LogP contribution in [0.2, 0.25) is 0 Å². The number of Topliss-reactive ketones (excluding diaryl/α,β-unsaturated/α-hetero) is 1.